The fourth-order valence-corrected chi connectivity index (χ4v) is 2.23. The van der Waals surface area contributed by atoms with Crippen molar-refractivity contribution >= 4 is 11.6 Å². The molecule has 0 aliphatic heterocycles. The lowest BCUT2D eigenvalue weighted by atomic mass is 9.91. The Morgan fingerprint density at radius 3 is 2.25 bits per heavy atom. The summed E-state index contributed by atoms with van der Waals surface area (Å²) in [6, 6.07) is 8.49. The van der Waals surface area contributed by atoms with Gasteiger partial charge in [0.2, 0.25) is 0 Å². The minimum Gasteiger partial charge on any atom is -0.319 e. The van der Waals surface area contributed by atoms with Gasteiger partial charge in [0, 0.05) is 11.1 Å². The predicted molar refractivity (Wildman–Crippen MR) is 71.0 cm³/mol. The van der Waals surface area contributed by atoms with Crippen LogP contribution in [0.5, 0.6) is 0 Å². The lowest BCUT2D eigenvalue weighted by Crippen LogP contribution is -2.31. The van der Waals surface area contributed by atoms with Crippen LogP contribution in [-0.4, -0.2) is 20.6 Å². The number of rotatable bonds is 6. The van der Waals surface area contributed by atoms with Crippen LogP contribution in [0.2, 0.25) is 5.02 Å². The normalized spacial score (nSPS) is 14.8. The second kappa shape index (κ2) is 6.89. The highest BCUT2D eigenvalue weighted by Gasteiger charge is 2.19. The average Bonchev–Trinajstić information content (AvgIpc) is 2.31. The van der Waals surface area contributed by atoms with E-state index in [1.54, 1.807) is 0 Å². The zero-order valence-corrected chi connectivity index (χ0v) is 11.0. The van der Waals surface area contributed by atoms with Crippen molar-refractivity contribution in [1.29, 1.82) is 0 Å². The molecule has 90 valence electrons. The second-order valence-corrected chi connectivity index (χ2v) is 4.48. The summed E-state index contributed by atoms with van der Waals surface area (Å²) < 4.78 is 0. The van der Waals surface area contributed by atoms with Gasteiger partial charge in [-0.15, -0.1) is 0 Å². The molecular weight excluding hydrogens is 220 g/mol. The lowest BCUT2D eigenvalue weighted by molar-refractivity contribution is 0.360. The summed E-state index contributed by atoms with van der Waals surface area (Å²) in [6.07, 6.45) is 1.15. The summed E-state index contributed by atoms with van der Waals surface area (Å²) in [5, 5.41) is 7.43. The SMILES string of the molecule is CCC(CNC)C(NC)c1ccc(Cl)cc1. The Hall–Kier alpha value is -0.570. The van der Waals surface area contributed by atoms with Crippen LogP contribution in [0.1, 0.15) is 24.9 Å². The molecule has 1 aromatic carbocycles. The number of halogens is 1. The van der Waals surface area contributed by atoms with E-state index >= 15 is 0 Å². The maximum absolute atomic E-state index is 5.90. The number of hydrogen-bond donors (Lipinski definition) is 2. The molecule has 2 N–H and O–H groups in total. The third-order valence-electron chi connectivity index (χ3n) is 3.00. The van der Waals surface area contributed by atoms with Crippen LogP contribution < -0.4 is 10.6 Å². The van der Waals surface area contributed by atoms with Crippen molar-refractivity contribution < 1.29 is 0 Å². The van der Waals surface area contributed by atoms with E-state index < -0.39 is 0 Å². The molecule has 0 saturated carbocycles. The molecule has 0 heterocycles. The quantitative estimate of drug-likeness (QED) is 0.799. The molecule has 1 rings (SSSR count). The third kappa shape index (κ3) is 3.48. The van der Waals surface area contributed by atoms with E-state index in [2.05, 4.69) is 29.7 Å². The summed E-state index contributed by atoms with van der Waals surface area (Å²) in [4.78, 5) is 0. The molecule has 0 radical (unpaired) electrons. The first kappa shape index (κ1) is 13.5. The van der Waals surface area contributed by atoms with Crippen LogP contribution in [0.3, 0.4) is 0 Å². The van der Waals surface area contributed by atoms with Crippen molar-refractivity contribution in [3.05, 3.63) is 34.9 Å². The molecule has 0 fully saturated rings. The van der Waals surface area contributed by atoms with Gasteiger partial charge in [-0.05, 0) is 44.3 Å². The lowest BCUT2D eigenvalue weighted by Gasteiger charge is -2.26. The molecule has 0 spiro atoms. The Morgan fingerprint density at radius 2 is 1.81 bits per heavy atom. The molecule has 3 heteroatoms. The first-order valence-electron chi connectivity index (χ1n) is 5.80. The minimum atomic E-state index is 0.384. The van der Waals surface area contributed by atoms with Crippen molar-refractivity contribution in [2.75, 3.05) is 20.6 Å². The topological polar surface area (TPSA) is 24.1 Å². The minimum absolute atomic E-state index is 0.384. The van der Waals surface area contributed by atoms with Crippen LogP contribution in [-0.2, 0) is 0 Å². The Bertz CT molecular complexity index is 297. The van der Waals surface area contributed by atoms with Crippen LogP contribution in [0.4, 0.5) is 0 Å². The highest BCUT2D eigenvalue weighted by atomic mass is 35.5. The molecule has 2 nitrogen and oxygen atoms in total. The van der Waals surface area contributed by atoms with Gasteiger partial charge in [0.1, 0.15) is 0 Å². The fraction of sp³-hybridized carbons (Fsp3) is 0.538. The zero-order valence-electron chi connectivity index (χ0n) is 10.3. The van der Waals surface area contributed by atoms with Gasteiger partial charge in [-0.1, -0.05) is 37.1 Å². The van der Waals surface area contributed by atoms with Crippen LogP contribution in [0.15, 0.2) is 24.3 Å². The van der Waals surface area contributed by atoms with E-state index in [-0.39, 0.29) is 0 Å². The number of benzene rings is 1. The molecule has 0 saturated heterocycles. The number of hydrogen-bond acceptors (Lipinski definition) is 2. The Balaban J connectivity index is 2.83. The standard InChI is InChI=1S/C13H21ClN2/c1-4-10(9-15-2)13(16-3)11-5-7-12(14)8-6-11/h5-8,10,13,15-16H,4,9H2,1-3H3. The molecule has 2 unspecified atom stereocenters. The van der Waals surface area contributed by atoms with Crippen molar-refractivity contribution in [2.45, 2.75) is 19.4 Å². The maximum atomic E-state index is 5.90. The smallest absolute Gasteiger partial charge is 0.0406 e. The van der Waals surface area contributed by atoms with E-state index in [1.807, 2.05) is 26.2 Å². The van der Waals surface area contributed by atoms with Crippen LogP contribution >= 0.6 is 11.6 Å². The summed E-state index contributed by atoms with van der Waals surface area (Å²) >= 11 is 5.90. The molecule has 16 heavy (non-hydrogen) atoms. The first-order valence-corrected chi connectivity index (χ1v) is 6.18. The van der Waals surface area contributed by atoms with Gasteiger partial charge in [-0.25, -0.2) is 0 Å². The predicted octanol–water partition coefficient (Wildman–Crippen LogP) is 2.85. The monoisotopic (exact) mass is 240 g/mol. The Kier molecular flexibility index (Phi) is 5.81. The van der Waals surface area contributed by atoms with Crippen LogP contribution in [0, 0.1) is 5.92 Å². The summed E-state index contributed by atoms with van der Waals surface area (Å²) in [6.45, 7) is 3.24. The average molecular weight is 241 g/mol. The Morgan fingerprint density at radius 1 is 1.19 bits per heavy atom. The van der Waals surface area contributed by atoms with Gasteiger partial charge in [-0.3, -0.25) is 0 Å². The van der Waals surface area contributed by atoms with Crippen LogP contribution in [0.25, 0.3) is 0 Å². The molecule has 2 atom stereocenters. The molecular formula is C13H21ClN2. The van der Waals surface area contributed by atoms with Gasteiger partial charge < -0.3 is 10.6 Å². The van der Waals surface area contributed by atoms with Crippen molar-refractivity contribution in [3.63, 3.8) is 0 Å². The fourth-order valence-electron chi connectivity index (χ4n) is 2.10. The van der Waals surface area contributed by atoms with E-state index in [1.165, 1.54) is 5.56 Å². The Labute approximate surface area is 103 Å². The third-order valence-corrected chi connectivity index (χ3v) is 3.25. The van der Waals surface area contributed by atoms with Gasteiger partial charge in [0.05, 0.1) is 0 Å². The van der Waals surface area contributed by atoms with E-state index in [0.29, 0.717) is 12.0 Å². The molecule has 1 aromatic rings. The first-order chi connectivity index (χ1) is 7.72. The molecule has 0 amide bonds. The van der Waals surface area contributed by atoms with E-state index in [9.17, 15) is 0 Å². The summed E-state index contributed by atoms with van der Waals surface area (Å²) in [5.74, 6) is 0.594. The second-order valence-electron chi connectivity index (χ2n) is 4.04. The van der Waals surface area contributed by atoms with Crippen molar-refractivity contribution in [2.24, 2.45) is 5.92 Å². The highest BCUT2D eigenvalue weighted by molar-refractivity contribution is 6.30. The molecule has 0 bridgehead atoms. The largest absolute Gasteiger partial charge is 0.319 e. The van der Waals surface area contributed by atoms with E-state index in [4.69, 9.17) is 11.6 Å². The zero-order chi connectivity index (χ0) is 12.0. The summed E-state index contributed by atoms with van der Waals surface area (Å²) in [5.41, 5.74) is 1.30. The number of nitrogens with one attached hydrogen (secondary N) is 2. The molecule has 0 aromatic heterocycles. The van der Waals surface area contributed by atoms with Gasteiger partial charge >= 0.3 is 0 Å². The van der Waals surface area contributed by atoms with Crippen molar-refractivity contribution in [1.82, 2.24) is 10.6 Å². The van der Waals surface area contributed by atoms with Gasteiger partial charge in [-0.2, -0.15) is 0 Å². The van der Waals surface area contributed by atoms with Gasteiger partial charge in [0.25, 0.3) is 0 Å². The van der Waals surface area contributed by atoms with Gasteiger partial charge in [0.15, 0.2) is 0 Å². The van der Waals surface area contributed by atoms with Crippen molar-refractivity contribution in [3.8, 4) is 0 Å². The highest BCUT2D eigenvalue weighted by Crippen LogP contribution is 2.25. The van der Waals surface area contributed by atoms with E-state index in [0.717, 1.165) is 18.0 Å². The molecule has 0 aliphatic carbocycles. The summed E-state index contributed by atoms with van der Waals surface area (Å²) in [7, 11) is 4.01. The maximum Gasteiger partial charge on any atom is 0.0406 e. The molecule has 0 aliphatic rings.